The van der Waals surface area contributed by atoms with Crippen molar-refractivity contribution in [2.75, 3.05) is 45.7 Å². The predicted octanol–water partition coefficient (Wildman–Crippen LogP) is 5.63. The lowest BCUT2D eigenvalue weighted by Crippen LogP contribution is -2.33. The minimum absolute atomic E-state index is 0.0435. The number of aromatic nitrogens is 2. The number of fused-ring (bicyclic) bond motifs is 1. The van der Waals surface area contributed by atoms with E-state index < -0.39 is 0 Å². The summed E-state index contributed by atoms with van der Waals surface area (Å²) in [6.07, 6.45) is 3.65. The lowest BCUT2D eigenvalue weighted by molar-refractivity contribution is 0.0754. The molecule has 39 heavy (non-hydrogen) atoms. The number of hydrogen-bond donors (Lipinski definition) is 1. The Bertz CT molecular complexity index is 1200. The monoisotopic (exact) mass is 535 g/mol. The summed E-state index contributed by atoms with van der Waals surface area (Å²) < 4.78 is 18.3. The van der Waals surface area contributed by atoms with Gasteiger partial charge in [0.25, 0.3) is 5.91 Å². The summed E-state index contributed by atoms with van der Waals surface area (Å²) in [7, 11) is 5.37. The number of halogens is 1. The molecule has 0 saturated heterocycles. The van der Waals surface area contributed by atoms with Gasteiger partial charge in [-0.3, -0.25) is 4.79 Å². The SMILES string of the molecule is CCC(C)c1ccc(CN2CCN(C)c3nc(OC)ncc3C2=O)cc1.CNCCC(C)c1ccccc1F. The van der Waals surface area contributed by atoms with Crippen molar-refractivity contribution in [3.05, 3.63) is 82.8 Å². The van der Waals surface area contributed by atoms with Crippen LogP contribution in [0.1, 0.15) is 72.5 Å². The Hall–Kier alpha value is -3.52. The van der Waals surface area contributed by atoms with Crippen LogP contribution < -0.4 is 15.0 Å². The van der Waals surface area contributed by atoms with Crippen LogP contribution in [0.5, 0.6) is 6.01 Å². The van der Waals surface area contributed by atoms with Crippen molar-refractivity contribution in [1.82, 2.24) is 20.2 Å². The molecule has 2 heterocycles. The third-order valence-electron chi connectivity index (χ3n) is 7.31. The first-order valence-electron chi connectivity index (χ1n) is 13.7. The number of carbonyl (C=O) groups is 1. The lowest BCUT2D eigenvalue weighted by Gasteiger charge is -2.21. The zero-order valence-electron chi connectivity index (χ0n) is 24.1. The van der Waals surface area contributed by atoms with Gasteiger partial charge in [0.05, 0.1) is 7.11 Å². The predicted molar refractivity (Wildman–Crippen MR) is 155 cm³/mol. The van der Waals surface area contributed by atoms with E-state index >= 15 is 0 Å². The van der Waals surface area contributed by atoms with Crippen LogP contribution in [-0.4, -0.2) is 61.6 Å². The first-order chi connectivity index (χ1) is 18.8. The van der Waals surface area contributed by atoms with Crippen molar-refractivity contribution >= 4 is 11.7 Å². The molecule has 1 amide bonds. The Morgan fingerprint density at radius 2 is 1.79 bits per heavy atom. The fraction of sp³-hybridized carbons (Fsp3) is 0.452. The van der Waals surface area contributed by atoms with E-state index in [1.54, 1.807) is 12.3 Å². The second-order valence-electron chi connectivity index (χ2n) is 10.1. The highest BCUT2D eigenvalue weighted by Gasteiger charge is 2.27. The zero-order chi connectivity index (χ0) is 28.4. The number of ether oxygens (including phenoxy) is 1. The van der Waals surface area contributed by atoms with Gasteiger partial charge in [-0.15, -0.1) is 0 Å². The number of rotatable bonds is 9. The van der Waals surface area contributed by atoms with Gasteiger partial charge in [-0.2, -0.15) is 4.98 Å². The van der Waals surface area contributed by atoms with Crippen LogP contribution in [0.3, 0.4) is 0 Å². The van der Waals surface area contributed by atoms with E-state index in [2.05, 4.69) is 60.3 Å². The molecule has 0 saturated carbocycles. The molecular weight excluding hydrogens is 493 g/mol. The Kier molecular flexibility index (Phi) is 11.2. The van der Waals surface area contributed by atoms with Crippen molar-refractivity contribution in [3.63, 3.8) is 0 Å². The Labute approximate surface area is 232 Å². The van der Waals surface area contributed by atoms with Crippen LogP contribution in [0.2, 0.25) is 0 Å². The summed E-state index contributed by atoms with van der Waals surface area (Å²) in [6.45, 7) is 9.34. The number of amides is 1. The van der Waals surface area contributed by atoms with Crippen molar-refractivity contribution in [2.45, 2.75) is 52.0 Å². The summed E-state index contributed by atoms with van der Waals surface area (Å²) in [5.74, 6) is 1.32. The third kappa shape index (κ3) is 7.99. The molecule has 0 spiro atoms. The van der Waals surface area contributed by atoms with Gasteiger partial charge in [-0.1, -0.05) is 63.2 Å². The number of nitrogens with zero attached hydrogens (tertiary/aromatic N) is 4. The number of nitrogens with one attached hydrogen (secondary N) is 1. The van der Waals surface area contributed by atoms with E-state index in [0.29, 0.717) is 36.9 Å². The first-order valence-corrected chi connectivity index (χ1v) is 13.7. The van der Waals surface area contributed by atoms with E-state index in [1.165, 1.54) is 18.7 Å². The van der Waals surface area contributed by atoms with E-state index in [9.17, 15) is 9.18 Å². The number of hydrogen-bond acceptors (Lipinski definition) is 6. The minimum Gasteiger partial charge on any atom is -0.467 e. The smallest absolute Gasteiger partial charge is 0.318 e. The molecule has 1 aliphatic rings. The zero-order valence-corrected chi connectivity index (χ0v) is 24.1. The van der Waals surface area contributed by atoms with Crippen LogP contribution in [0.25, 0.3) is 0 Å². The molecule has 3 aromatic rings. The summed E-state index contributed by atoms with van der Waals surface area (Å²) >= 11 is 0. The van der Waals surface area contributed by atoms with Crippen molar-refractivity contribution in [3.8, 4) is 6.01 Å². The Morgan fingerprint density at radius 1 is 1.08 bits per heavy atom. The molecule has 0 bridgehead atoms. The normalized spacial score (nSPS) is 14.6. The minimum atomic E-state index is -0.0916. The third-order valence-corrected chi connectivity index (χ3v) is 7.31. The molecular formula is C31H42FN5O2. The number of carbonyl (C=O) groups excluding carboxylic acids is 1. The highest BCUT2D eigenvalue weighted by atomic mass is 19.1. The molecule has 2 unspecified atom stereocenters. The quantitative estimate of drug-likeness (QED) is 0.383. The Morgan fingerprint density at radius 3 is 2.44 bits per heavy atom. The van der Waals surface area contributed by atoms with Gasteiger partial charge >= 0.3 is 6.01 Å². The first kappa shape index (κ1) is 30.0. The number of benzene rings is 2. The molecule has 0 radical (unpaired) electrons. The number of methoxy groups -OCH3 is 1. The molecule has 8 heteroatoms. The maximum atomic E-state index is 13.2. The Balaban J connectivity index is 0.000000272. The molecule has 1 aromatic heterocycles. The standard InChI is InChI=1S/C20H26N4O2.C11H16FN/c1-5-14(2)16-8-6-15(7-9-16)13-24-11-10-23(3)18-17(19(24)25)12-21-20(22-18)26-4;1-9(7-8-13-2)10-5-3-4-6-11(10)12/h6-9,12,14H,5,10-11,13H2,1-4H3;3-6,9,13H,7-8H2,1-2H3. The van der Waals surface area contributed by atoms with Crippen LogP contribution in [0.15, 0.2) is 54.7 Å². The van der Waals surface area contributed by atoms with Gasteiger partial charge in [0.2, 0.25) is 0 Å². The van der Waals surface area contributed by atoms with Gasteiger partial charge < -0.3 is 19.9 Å². The second kappa shape index (κ2) is 14.6. The summed E-state index contributed by atoms with van der Waals surface area (Å²) in [4.78, 5) is 25.3. The average Bonchev–Trinajstić information content (AvgIpc) is 3.08. The second-order valence-corrected chi connectivity index (χ2v) is 10.1. The van der Waals surface area contributed by atoms with E-state index in [-0.39, 0.29) is 23.7 Å². The van der Waals surface area contributed by atoms with Crippen molar-refractivity contribution in [2.24, 2.45) is 0 Å². The topological polar surface area (TPSA) is 70.6 Å². The van der Waals surface area contributed by atoms with Crippen LogP contribution in [0.4, 0.5) is 10.2 Å². The molecule has 2 atom stereocenters. The lowest BCUT2D eigenvalue weighted by atomic mass is 9.97. The largest absolute Gasteiger partial charge is 0.467 e. The summed E-state index contributed by atoms with van der Waals surface area (Å²) in [5, 5.41) is 3.07. The number of anilines is 1. The fourth-order valence-electron chi connectivity index (χ4n) is 4.50. The fourth-order valence-corrected chi connectivity index (χ4v) is 4.50. The molecule has 1 aliphatic heterocycles. The molecule has 2 aromatic carbocycles. The van der Waals surface area contributed by atoms with Gasteiger partial charge in [0.1, 0.15) is 17.2 Å². The maximum absolute atomic E-state index is 13.2. The molecule has 0 aliphatic carbocycles. The highest BCUT2D eigenvalue weighted by Crippen LogP contribution is 2.25. The average molecular weight is 536 g/mol. The summed E-state index contributed by atoms with van der Waals surface area (Å²) in [6, 6.07) is 15.8. The van der Waals surface area contributed by atoms with Gasteiger partial charge in [0, 0.05) is 32.9 Å². The van der Waals surface area contributed by atoms with Crippen LogP contribution in [-0.2, 0) is 6.54 Å². The van der Waals surface area contributed by atoms with Crippen LogP contribution >= 0.6 is 0 Å². The van der Waals surface area contributed by atoms with E-state index in [0.717, 1.165) is 30.5 Å². The molecule has 0 fully saturated rings. The molecule has 4 rings (SSSR count). The van der Waals surface area contributed by atoms with Crippen molar-refractivity contribution in [1.29, 1.82) is 0 Å². The van der Waals surface area contributed by atoms with E-state index in [1.807, 2.05) is 36.0 Å². The van der Waals surface area contributed by atoms with Gasteiger partial charge in [0.15, 0.2) is 0 Å². The highest BCUT2D eigenvalue weighted by molar-refractivity contribution is 5.99. The van der Waals surface area contributed by atoms with Gasteiger partial charge in [-0.25, -0.2) is 9.37 Å². The van der Waals surface area contributed by atoms with Crippen LogP contribution in [0, 0.1) is 5.82 Å². The number of likely N-dealkylation sites (N-methyl/N-ethyl adjacent to an activating group) is 1. The maximum Gasteiger partial charge on any atom is 0.318 e. The molecule has 210 valence electrons. The van der Waals surface area contributed by atoms with Gasteiger partial charge in [-0.05, 0) is 61.0 Å². The summed E-state index contributed by atoms with van der Waals surface area (Å²) in [5.41, 5.74) is 3.80. The molecule has 7 nitrogen and oxygen atoms in total. The van der Waals surface area contributed by atoms with E-state index in [4.69, 9.17) is 4.74 Å². The molecule has 1 N–H and O–H groups in total. The van der Waals surface area contributed by atoms with Crippen molar-refractivity contribution < 1.29 is 13.9 Å².